The molecule has 1 fully saturated rings. The summed E-state index contributed by atoms with van der Waals surface area (Å²) in [6.45, 7) is 0.892. The van der Waals surface area contributed by atoms with E-state index in [1.165, 1.54) is 6.42 Å². The molecule has 0 bridgehead atoms. The summed E-state index contributed by atoms with van der Waals surface area (Å²) in [5.41, 5.74) is 1.04. The van der Waals surface area contributed by atoms with Gasteiger partial charge in [0.25, 0.3) is 0 Å². The third-order valence-corrected chi connectivity index (χ3v) is 2.91. The van der Waals surface area contributed by atoms with E-state index < -0.39 is 0 Å². The molecule has 1 aliphatic rings. The summed E-state index contributed by atoms with van der Waals surface area (Å²) in [5, 5.41) is 0.786. The Morgan fingerprint density at radius 1 is 1.57 bits per heavy atom. The zero-order valence-electron chi connectivity index (χ0n) is 7.95. The van der Waals surface area contributed by atoms with E-state index in [2.05, 4.69) is 25.9 Å². The van der Waals surface area contributed by atoms with Crippen LogP contribution in [0.4, 0.5) is 0 Å². The maximum Gasteiger partial charge on any atom is 0.131 e. The molecule has 0 aromatic carbocycles. The van der Waals surface area contributed by atoms with Crippen molar-refractivity contribution in [3.05, 3.63) is 23.8 Å². The first-order valence-corrected chi connectivity index (χ1v) is 5.99. The molecule has 14 heavy (non-hydrogen) atoms. The van der Waals surface area contributed by atoms with Crippen LogP contribution in [0.1, 0.15) is 24.4 Å². The second-order valence-corrected chi connectivity index (χ2v) is 4.00. The highest BCUT2D eigenvalue weighted by Gasteiger charge is 2.17. The lowest BCUT2D eigenvalue weighted by Gasteiger charge is -2.07. The number of hydrogen-bond acceptors (Lipinski definition) is 3. The molecule has 2 heterocycles. The zero-order chi connectivity index (χ0) is 9.80. The Morgan fingerprint density at radius 3 is 3.21 bits per heavy atom. The van der Waals surface area contributed by atoms with E-state index >= 15 is 0 Å². The van der Waals surface area contributed by atoms with Crippen molar-refractivity contribution in [2.75, 3.05) is 6.61 Å². The Hall–Kier alpha value is -0.480. The summed E-state index contributed by atoms with van der Waals surface area (Å²) in [4.78, 5) is 8.66. The van der Waals surface area contributed by atoms with Crippen LogP contribution >= 0.6 is 15.9 Å². The van der Waals surface area contributed by atoms with E-state index in [1.807, 2.05) is 12.3 Å². The van der Waals surface area contributed by atoms with Crippen LogP contribution in [0.3, 0.4) is 0 Å². The van der Waals surface area contributed by atoms with E-state index in [0.717, 1.165) is 36.3 Å². The predicted molar refractivity (Wildman–Crippen MR) is 57.3 cm³/mol. The SMILES string of the molecule is BrCc1ccnc(CC2CCCO2)n1. The maximum atomic E-state index is 5.54. The van der Waals surface area contributed by atoms with Gasteiger partial charge in [-0.2, -0.15) is 0 Å². The van der Waals surface area contributed by atoms with E-state index in [-0.39, 0.29) is 0 Å². The summed E-state index contributed by atoms with van der Waals surface area (Å²) in [6.07, 6.45) is 5.31. The highest BCUT2D eigenvalue weighted by molar-refractivity contribution is 9.08. The number of nitrogens with zero attached hydrogens (tertiary/aromatic N) is 2. The van der Waals surface area contributed by atoms with Gasteiger partial charge in [-0.15, -0.1) is 0 Å². The molecule has 1 aromatic heterocycles. The number of halogens is 1. The number of alkyl halides is 1. The average Bonchev–Trinajstić information content (AvgIpc) is 2.71. The van der Waals surface area contributed by atoms with Crippen LogP contribution in [0.25, 0.3) is 0 Å². The van der Waals surface area contributed by atoms with Gasteiger partial charge in [-0.05, 0) is 18.9 Å². The topological polar surface area (TPSA) is 35.0 Å². The smallest absolute Gasteiger partial charge is 0.131 e. The van der Waals surface area contributed by atoms with Crippen LogP contribution in [-0.4, -0.2) is 22.7 Å². The fraction of sp³-hybridized carbons (Fsp3) is 0.600. The summed E-state index contributed by atoms with van der Waals surface area (Å²) in [7, 11) is 0. The van der Waals surface area contributed by atoms with Crippen molar-refractivity contribution < 1.29 is 4.74 Å². The van der Waals surface area contributed by atoms with Crippen molar-refractivity contribution in [2.45, 2.75) is 30.7 Å². The Labute approximate surface area is 92.0 Å². The minimum Gasteiger partial charge on any atom is -0.378 e. The average molecular weight is 257 g/mol. The number of aromatic nitrogens is 2. The molecular weight excluding hydrogens is 244 g/mol. The predicted octanol–water partition coefficient (Wildman–Crippen LogP) is 2.09. The van der Waals surface area contributed by atoms with E-state index in [9.17, 15) is 0 Å². The molecule has 1 unspecified atom stereocenters. The minimum atomic E-state index is 0.334. The molecule has 1 atom stereocenters. The summed E-state index contributed by atoms with van der Waals surface area (Å²) < 4.78 is 5.54. The molecular formula is C10H13BrN2O. The van der Waals surface area contributed by atoms with Crippen molar-refractivity contribution in [2.24, 2.45) is 0 Å². The largest absolute Gasteiger partial charge is 0.378 e. The molecule has 3 nitrogen and oxygen atoms in total. The monoisotopic (exact) mass is 256 g/mol. The fourth-order valence-electron chi connectivity index (χ4n) is 1.62. The van der Waals surface area contributed by atoms with Crippen LogP contribution in [0, 0.1) is 0 Å². The Kier molecular flexibility index (Phi) is 3.48. The van der Waals surface area contributed by atoms with Gasteiger partial charge in [-0.25, -0.2) is 9.97 Å². The third-order valence-electron chi connectivity index (χ3n) is 2.33. The van der Waals surface area contributed by atoms with E-state index in [0.29, 0.717) is 6.10 Å². The van der Waals surface area contributed by atoms with Crippen molar-refractivity contribution in [1.82, 2.24) is 9.97 Å². The Morgan fingerprint density at radius 2 is 2.50 bits per heavy atom. The van der Waals surface area contributed by atoms with Gasteiger partial charge in [0.2, 0.25) is 0 Å². The molecule has 0 spiro atoms. The van der Waals surface area contributed by atoms with Crippen LogP contribution in [0.2, 0.25) is 0 Å². The Bertz CT molecular complexity index is 300. The van der Waals surface area contributed by atoms with Crippen LogP contribution in [0.5, 0.6) is 0 Å². The van der Waals surface area contributed by atoms with Gasteiger partial charge in [0.05, 0.1) is 11.8 Å². The first-order valence-electron chi connectivity index (χ1n) is 4.87. The first kappa shape index (κ1) is 10.1. The highest BCUT2D eigenvalue weighted by atomic mass is 79.9. The molecule has 0 amide bonds. The van der Waals surface area contributed by atoms with Crippen molar-refractivity contribution >= 4 is 15.9 Å². The van der Waals surface area contributed by atoms with Crippen LogP contribution in [-0.2, 0) is 16.5 Å². The van der Waals surface area contributed by atoms with Gasteiger partial charge in [0.15, 0.2) is 0 Å². The summed E-state index contributed by atoms with van der Waals surface area (Å²) in [6, 6.07) is 1.92. The second kappa shape index (κ2) is 4.84. The lowest BCUT2D eigenvalue weighted by atomic mass is 10.2. The van der Waals surface area contributed by atoms with Gasteiger partial charge in [-0.3, -0.25) is 0 Å². The molecule has 4 heteroatoms. The van der Waals surface area contributed by atoms with E-state index in [4.69, 9.17) is 4.74 Å². The molecule has 0 N–H and O–H groups in total. The highest BCUT2D eigenvalue weighted by Crippen LogP contribution is 2.15. The molecule has 1 aliphatic heterocycles. The molecule has 2 rings (SSSR count). The quantitative estimate of drug-likeness (QED) is 0.778. The summed E-state index contributed by atoms with van der Waals surface area (Å²) >= 11 is 3.38. The van der Waals surface area contributed by atoms with Gasteiger partial charge in [0, 0.05) is 24.6 Å². The van der Waals surface area contributed by atoms with E-state index in [1.54, 1.807) is 0 Å². The first-order chi connectivity index (χ1) is 6.88. The minimum absolute atomic E-state index is 0.334. The standard InChI is InChI=1S/C10H13BrN2O/c11-7-8-3-4-12-10(13-8)6-9-2-1-5-14-9/h3-4,9H,1-2,5-7H2. The fourth-order valence-corrected chi connectivity index (χ4v) is 1.94. The zero-order valence-corrected chi connectivity index (χ0v) is 9.53. The van der Waals surface area contributed by atoms with Crippen LogP contribution < -0.4 is 0 Å². The summed E-state index contributed by atoms with van der Waals surface area (Å²) in [5.74, 6) is 0.897. The van der Waals surface area contributed by atoms with Gasteiger partial charge in [-0.1, -0.05) is 15.9 Å². The molecule has 1 saturated heterocycles. The molecule has 76 valence electrons. The lowest BCUT2D eigenvalue weighted by Crippen LogP contribution is -2.11. The lowest BCUT2D eigenvalue weighted by molar-refractivity contribution is 0.110. The van der Waals surface area contributed by atoms with Gasteiger partial charge < -0.3 is 4.74 Å². The van der Waals surface area contributed by atoms with Gasteiger partial charge >= 0.3 is 0 Å². The third kappa shape index (κ3) is 2.51. The van der Waals surface area contributed by atoms with Gasteiger partial charge in [0.1, 0.15) is 5.82 Å². The normalized spacial score (nSPS) is 21.4. The number of ether oxygens (including phenoxy) is 1. The Balaban J connectivity index is 2.00. The molecule has 1 aromatic rings. The van der Waals surface area contributed by atoms with Crippen molar-refractivity contribution in [1.29, 1.82) is 0 Å². The van der Waals surface area contributed by atoms with Crippen LogP contribution in [0.15, 0.2) is 12.3 Å². The molecule has 0 radical (unpaired) electrons. The number of rotatable bonds is 3. The second-order valence-electron chi connectivity index (χ2n) is 3.44. The molecule has 0 aliphatic carbocycles. The maximum absolute atomic E-state index is 5.54. The van der Waals surface area contributed by atoms with Crippen molar-refractivity contribution in [3.8, 4) is 0 Å². The number of hydrogen-bond donors (Lipinski definition) is 0. The van der Waals surface area contributed by atoms with Crippen molar-refractivity contribution in [3.63, 3.8) is 0 Å². The molecule has 0 saturated carbocycles.